The van der Waals surface area contributed by atoms with Crippen molar-refractivity contribution in [1.82, 2.24) is 5.32 Å². The maximum atomic E-state index is 12.1. The van der Waals surface area contributed by atoms with Crippen LogP contribution in [-0.4, -0.2) is 13.0 Å². The van der Waals surface area contributed by atoms with Crippen molar-refractivity contribution in [3.63, 3.8) is 0 Å². The summed E-state index contributed by atoms with van der Waals surface area (Å²) in [5, 5.41) is 15.3. The van der Waals surface area contributed by atoms with E-state index in [9.17, 15) is 4.79 Å². The van der Waals surface area contributed by atoms with Crippen LogP contribution in [-0.2, 0) is 11.3 Å². The third-order valence-electron chi connectivity index (χ3n) is 3.22. The number of nitrogens with one attached hydrogen (secondary N) is 2. The van der Waals surface area contributed by atoms with E-state index in [1.165, 1.54) is 6.20 Å². The Morgan fingerprint density at radius 2 is 2.08 bits per heavy atom. The van der Waals surface area contributed by atoms with Gasteiger partial charge in [-0.3, -0.25) is 4.79 Å². The number of hydrogen-bond acceptors (Lipinski definition) is 4. The highest BCUT2D eigenvalue weighted by Gasteiger charge is 2.09. The number of methoxy groups -OCH3 is 1. The van der Waals surface area contributed by atoms with Crippen LogP contribution in [0.4, 0.5) is 5.69 Å². The molecule has 2 rings (SSSR count). The van der Waals surface area contributed by atoms with Gasteiger partial charge < -0.3 is 15.4 Å². The lowest BCUT2D eigenvalue weighted by molar-refractivity contribution is -0.117. The molecule has 0 atom stereocenters. The summed E-state index contributed by atoms with van der Waals surface area (Å²) in [6, 6.07) is 16.2. The first-order chi connectivity index (χ1) is 11.6. The van der Waals surface area contributed by atoms with Gasteiger partial charge >= 0.3 is 0 Å². The van der Waals surface area contributed by atoms with E-state index in [1.807, 2.05) is 24.3 Å². The Kier molecular flexibility index (Phi) is 6.23. The Morgan fingerprint density at radius 1 is 1.29 bits per heavy atom. The van der Waals surface area contributed by atoms with Crippen LogP contribution in [0.5, 0.6) is 5.75 Å². The van der Waals surface area contributed by atoms with Crippen molar-refractivity contribution in [3.8, 4) is 11.8 Å². The predicted octanol–water partition coefficient (Wildman–Crippen LogP) is 3.48. The monoisotopic (exact) mass is 341 g/mol. The van der Waals surface area contributed by atoms with Crippen molar-refractivity contribution in [1.29, 1.82) is 5.26 Å². The highest BCUT2D eigenvalue weighted by atomic mass is 35.5. The largest absolute Gasteiger partial charge is 0.497 e. The standard InChI is InChI=1S/C18H16ClN3O2/c1-24-16-7-4-6-15(9-16)21-12-14(10-20)18(23)22-11-13-5-2-3-8-17(13)19/h2-9,12,21H,11H2,1H3,(H,22,23)/b14-12-. The number of amides is 1. The smallest absolute Gasteiger partial charge is 0.263 e. The van der Waals surface area contributed by atoms with Crippen molar-refractivity contribution in [3.05, 3.63) is 70.9 Å². The van der Waals surface area contributed by atoms with Gasteiger partial charge in [0.25, 0.3) is 5.91 Å². The van der Waals surface area contributed by atoms with E-state index in [0.717, 1.165) is 5.56 Å². The van der Waals surface area contributed by atoms with Crippen LogP contribution in [0.3, 0.4) is 0 Å². The number of benzene rings is 2. The Bertz CT molecular complexity index is 797. The average molecular weight is 342 g/mol. The summed E-state index contributed by atoms with van der Waals surface area (Å²) in [6.45, 7) is 0.247. The SMILES string of the molecule is COc1cccc(N/C=C(/C#N)C(=O)NCc2ccccc2Cl)c1. The Hall–Kier alpha value is -2.97. The van der Waals surface area contributed by atoms with Crippen LogP contribution < -0.4 is 15.4 Å². The molecule has 0 saturated carbocycles. The van der Waals surface area contributed by atoms with Crippen LogP contribution in [0, 0.1) is 11.3 Å². The molecule has 6 heteroatoms. The first kappa shape index (κ1) is 17.4. The minimum absolute atomic E-state index is 0.0372. The van der Waals surface area contributed by atoms with Gasteiger partial charge in [-0.05, 0) is 23.8 Å². The maximum Gasteiger partial charge on any atom is 0.263 e. The van der Waals surface area contributed by atoms with Gasteiger partial charge in [-0.25, -0.2) is 0 Å². The number of rotatable bonds is 6. The summed E-state index contributed by atoms with van der Waals surface area (Å²) in [6.07, 6.45) is 1.36. The average Bonchev–Trinajstić information content (AvgIpc) is 2.61. The van der Waals surface area contributed by atoms with Gasteiger partial charge in [-0.15, -0.1) is 0 Å². The Balaban J connectivity index is 2.00. The third kappa shape index (κ3) is 4.77. The number of carbonyl (C=O) groups is 1. The summed E-state index contributed by atoms with van der Waals surface area (Å²) in [5.74, 6) is 0.197. The quantitative estimate of drug-likeness (QED) is 0.623. The fraction of sp³-hybridized carbons (Fsp3) is 0.111. The van der Waals surface area contributed by atoms with Gasteiger partial charge in [0.1, 0.15) is 17.4 Å². The van der Waals surface area contributed by atoms with Crippen LogP contribution in [0.2, 0.25) is 5.02 Å². The molecule has 1 amide bonds. The van der Waals surface area contributed by atoms with Crippen molar-refractivity contribution in [2.75, 3.05) is 12.4 Å². The number of anilines is 1. The van der Waals surface area contributed by atoms with E-state index >= 15 is 0 Å². The molecule has 0 unspecified atom stereocenters. The molecular formula is C18H16ClN3O2. The molecule has 0 bridgehead atoms. The second kappa shape index (κ2) is 8.61. The number of ether oxygens (including phenoxy) is 1. The number of nitrogens with zero attached hydrogens (tertiary/aromatic N) is 1. The molecule has 2 aromatic carbocycles. The van der Waals surface area contributed by atoms with Gasteiger partial charge in [0.15, 0.2) is 0 Å². The van der Waals surface area contributed by atoms with E-state index in [4.69, 9.17) is 21.6 Å². The molecule has 0 spiro atoms. The molecule has 0 heterocycles. The highest BCUT2D eigenvalue weighted by Crippen LogP contribution is 2.17. The molecule has 24 heavy (non-hydrogen) atoms. The molecule has 0 radical (unpaired) electrons. The molecule has 0 aliphatic carbocycles. The fourth-order valence-corrected chi connectivity index (χ4v) is 2.13. The summed E-state index contributed by atoms with van der Waals surface area (Å²) < 4.78 is 5.12. The minimum atomic E-state index is -0.479. The predicted molar refractivity (Wildman–Crippen MR) is 93.6 cm³/mol. The zero-order valence-corrected chi connectivity index (χ0v) is 13.8. The molecular weight excluding hydrogens is 326 g/mol. The lowest BCUT2D eigenvalue weighted by Crippen LogP contribution is -2.24. The summed E-state index contributed by atoms with van der Waals surface area (Å²) in [4.78, 5) is 12.1. The second-order valence-corrected chi connectivity index (χ2v) is 5.23. The van der Waals surface area contributed by atoms with Crippen molar-refractivity contribution in [2.24, 2.45) is 0 Å². The normalized spacial score (nSPS) is 10.6. The van der Waals surface area contributed by atoms with Crippen molar-refractivity contribution >= 4 is 23.2 Å². The van der Waals surface area contributed by atoms with Crippen LogP contribution in [0.25, 0.3) is 0 Å². The van der Waals surface area contributed by atoms with Crippen LogP contribution >= 0.6 is 11.6 Å². The molecule has 0 aliphatic heterocycles. The van der Waals surface area contributed by atoms with Crippen LogP contribution in [0.1, 0.15) is 5.56 Å². The van der Waals surface area contributed by atoms with Gasteiger partial charge in [0, 0.05) is 29.5 Å². The molecule has 2 aromatic rings. The van der Waals surface area contributed by atoms with E-state index in [0.29, 0.717) is 16.5 Å². The van der Waals surface area contributed by atoms with Gasteiger partial charge in [0.2, 0.25) is 0 Å². The fourth-order valence-electron chi connectivity index (χ4n) is 1.93. The molecule has 5 nitrogen and oxygen atoms in total. The van der Waals surface area contributed by atoms with Gasteiger partial charge in [-0.2, -0.15) is 5.26 Å². The topological polar surface area (TPSA) is 74.1 Å². The third-order valence-corrected chi connectivity index (χ3v) is 3.58. The summed E-state index contributed by atoms with van der Waals surface area (Å²) in [7, 11) is 1.57. The first-order valence-corrected chi connectivity index (χ1v) is 7.54. The molecule has 0 saturated heterocycles. The van der Waals surface area contributed by atoms with Gasteiger partial charge in [-0.1, -0.05) is 35.9 Å². The maximum absolute atomic E-state index is 12.1. The van der Waals surface area contributed by atoms with E-state index in [1.54, 1.807) is 37.4 Å². The van der Waals surface area contributed by atoms with E-state index < -0.39 is 5.91 Å². The Labute approximate surface area is 145 Å². The first-order valence-electron chi connectivity index (χ1n) is 7.16. The lowest BCUT2D eigenvalue weighted by atomic mass is 10.2. The number of nitriles is 1. The number of hydrogen-bond donors (Lipinski definition) is 2. The molecule has 0 fully saturated rings. The van der Waals surface area contributed by atoms with E-state index in [-0.39, 0.29) is 12.1 Å². The van der Waals surface area contributed by atoms with Crippen molar-refractivity contribution in [2.45, 2.75) is 6.54 Å². The van der Waals surface area contributed by atoms with Crippen LogP contribution in [0.15, 0.2) is 60.3 Å². The molecule has 0 aromatic heterocycles. The Morgan fingerprint density at radius 3 is 2.79 bits per heavy atom. The lowest BCUT2D eigenvalue weighted by Gasteiger charge is -2.07. The second-order valence-electron chi connectivity index (χ2n) is 4.82. The molecule has 0 aliphatic rings. The zero-order valence-electron chi connectivity index (χ0n) is 13.0. The summed E-state index contributed by atoms with van der Waals surface area (Å²) >= 11 is 6.04. The van der Waals surface area contributed by atoms with Crippen molar-refractivity contribution < 1.29 is 9.53 Å². The van der Waals surface area contributed by atoms with Gasteiger partial charge in [0.05, 0.1) is 7.11 Å². The minimum Gasteiger partial charge on any atom is -0.497 e. The molecule has 2 N–H and O–H groups in total. The molecule has 122 valence electrons. The van der Waals surface area contributed by atoms with E-state index in [2.05, 4.69) is 10.6 Å². The number of halogens is 1. The zero-order chi connectivity index (χ0) is 17.4. The number of carbonyl (C=O) groups excluding carboxylic acids is 1. The highest BCUT2D eigenvalue weighted by molar-refractivity contribution is 6.31. The summed E-state index contributed by atoms with van der Waals surface area (Å²) in [5.41, 5.74) is 1.46.